The molecular weight excluding hydrogens is 186 g/mol. The second kappa shape index (κ2) is 3.74. The van der Waals surface area contributed by atoms with Crippen LogP contribution in [0.15, 0.2) is 12.1 Å². The Labute approximate surface area is 72.2 Å². The molecule has 5 heteroatoms. The molecule has 0 saturated heterocycles. The van der Waals surface area contributed by atoms with Crippen molar-refractivity contribution < 1.29 is 17.6 Å². The maximum Gasteiger partial charge on any atom is 0.165 e. The Morgan fingerprint density at radius 2 is 1.85 bits per heavy atom. The SMILES string of the molecule is NCC(F)c1cc(F)cc(F)c1F. The molecule has 1 nitrogen and oxygen atoms in total. The van der Waals surface area contributed by atoms with E-state index in [-0.39, 0.29) is 0 Å². The number of alkyl halides is 1. The largest absolute Gasteiger partial charge is 0.327 e. The fourth-order valence-corrected chi connectivity index (χ4v) is 0.931. The van der Waals surface area contributed by atoms with Gasteiger partial charge in [0.25, 0.3) is 0 Å². The van der Waals surface area contributed by atoms with Crippen LogP contribution in [0.4, 0.5) is 17.6 Å². The highest BCUT2D eigenvalue weighted by molar-refractivity contribution is 5.22. The number of rotatable bonds is 2. The summed E-state index contributed by atoms with van der Waals surface area (Å²) >= 11 is 0. The summed E-state index contributed by atoms with van der Waals surface area (Å²) < 4.78 is 50.6. The fourth-order valence-electron chi connectivity index (χ4n) is 0.931. The zero-order valence-corrected chi connectivity index (χ0v) is 6.53. The second-order valence-corrected chi connectivity index (χ2v) is 2.49. The van der Waals surface area contributed by atoms with Crippen molar-refractivity contribution in [2.24, 2.45) is 5.73 Å². The van der Waals surface area contributed by atoms with Crippen LogP contribution in [0.25, 0.3) is 0 Å². The van der Waals surface area contributed by atoms with Crippen LogP contribution in [0.3, 0.4) is 0 Å². The van der Waals surface area contributed by atoms with Crippen LogP contribution in [-0.2, 0) is 0 Å². The molecule has 13 heavy (non-hydrogen) atoms. The van der Waals surface area contributed by atoms with Crippen molar-refractivity contribution in [3.05, 3.63) is 35.1 Å². The minimum Gasteiger partial charge on any atom is -0.327 e. The number of halogens is 4. The molecule has 0 aromatic heterocycles. The molecular formula is C8H7F4N. The highest BCUT2D eigenvalue weighted by Gasteiger charge is 2.17. The third-order valence-electron chi connectivity index (χ3n) is 1.57. The summed E-state index contributed by atoms with van der Waals surface area (Å²) in [6, 6.07) is 0.942. The molecule has 0 fully saturated rings. The maximum atomic E-state index is 12.8. The Morgan fingerprint density at radius 3 is 2.38 bits per heavy atom. The molecule has 1 unspecified atom stereocenters. The van der Waals surface area contributed by atoms with Crippen LogP contribution >= 0.6 is 0 Å². The zero-order valence-electron chi connectivity index (χ0n) is 6.53. The van der Waals surface area contributed by atoms with Gasteiger partial charge < -0.3 is 5.73 Å². The second-order valence-electron chi connectivity index (χ2n) is 2.49. The summed E-state index contributed by atoms with van der Waals surface area (Å²) in [4.78, 5) is 0. The van der Waals surface area contributed by atoms with E-state index in [9.17, 15) is 17.6 Å². The zero-order chi connectivity index (χ0) is 10.0. The van der Waals surface area contributed by atoms with Crippen molar-refractivity contribution in [1.29, 1.82) is 0 Å². The first-order valence-corrected chi connectivity index (χ1v) is 3.55. The van der Waals surface area contributed by atoms with Gasteiger partial charge in [0.2, 0.25) is 0 Å². The molecule has 0 aliphatic heterocycles. The van der Waals surface area contributed by atoms with E-state index in [2.05, 4.69) is 0 Å². The van der Waals surface area contributed by atoms with Crippen molar-refractivity contribution in [2.45, 2.75) is 6.17 Å². The summed E-state index contributed by atoms with van der Waals surface area (Å²) in [7, 11) is 0. The summed E-state index contributed by atoms with van der Waals surface area (Å²) in [6.07, 6.45) is -1.88. The molecule has 2 N–H and O–H groups in total. The van der Waals surface area contributed by atoms with Crippen LogP contribution in [-0.4, -0.2) is 6.54 Å². The lowest BCUT2D eigenvalue weighted by molar-refractivity contribution is 0.333. The molecule has 0 amide bonds. The average molecular weight is 193 g/mol. The molecule has 1 aromatic rings. The lowest BCUT2D eigenvalue weighted by atomic mass is 10.1. The van der Waals surface area contributed by atoms with Crippen molar-refractivity contribution in [3.63, 3.8) is 0 Å². The van der Waals surface area contributed by atoms with Gasteiger partial charge in [0.15, 0.2) is 11.6 Å². The number of hydrogen-bond donors (Lipinski definition) is 1. The predicted octanol–water partition coefficient (Wildman–Crippen LogP) is 2.07. The smallest absolute Gasteiger partial charge is 0.165 e. The third kappa shape index (κ3) is 1.98. The predicted molar refractivity (Wildman–Crippen MR) is 39.2 cm³/mol. The van der Waals surface area contributed by atoms with E-state index in [4.69, 9.17) is 5.73 Å². The third-order valence-corrected chi connectivity index (χ3v) is 1.57. The Balaban J connectivity index is 3.20. The molecule has 0 radical (unpaired) electrons. The van der Waals surface area contributed by atoms with E-state index < -0.39 is 35.7 Å². The normalized spacial score (nSPS) is 13.0. The van der Waals surface area contributed by atoms with Crippen molar-refractivity contribution in [2.75, 3.05) is 6.54 Å². The minimum atomic E-state index is -1.88. The first-order valence-electron chi connectivity index (χ1n) is 3.55. The van der Waals surface area contributed by atoms with Gasteiger partial charge in [-0.25, -0.2) is 17.6 Å². The highest BCUT2D eigenvalue weighted by Crippen LogP contribution is 2.22. The Hall–Kier alpha value is -1.10. The molecule has 0 aliphatic carbocycles. The van der Waals surface area contributed by atoms with Crippen LogP contribution < -0.4 is 5.73 Å². The van der Waals surface area contributed by atoms with Gasteiger partial charge in [-0.05, 0) is 6.07 Å². The monoisotopic (exact) mass is 193 g/mol. The highest BCUT2D eigenvalue weighted by atomic mass is 19.2. The van der Waals surface area contributed by atoms with E-state index in [0.717, 1.165) is 0 Å². The topological polar surface area (TPSA) is 26.0 Å². The van der Waals surface area contributed by atoms with Crippen LogP contribution in [0.1, 0.15) is 11.7 Å². The first-order chi connectivity index (χ1) is 6.06. The number of benzene rings is 1. The van der Waals surface area contributed by atoms with Crippen molar-refractivity contribution in [1.82, 2.24) is 0 Å². The van der Waals surface area contributed by atoms with E-state index >= 15 is 0 Å². The number of nitrogens with two attached hydrogens (primary N) is 1. The van der Waals surface area contributed by atoms with Crippen LogP contribution in [0.5, 0.6) is 0 Å². The van der Waals surface area contributed by atoms with Crippen LogP contribution in [0.2, 0.25) is 0 Å². The van der Waals surface area contributed by atoms with Gasteiger partial charge in [-0.1, -0.05) is 0 Å². The molecule has 0 aliphatic rings. The minimum absolute atomic E-state index is 0.349. The maximum absolute atomic E-state index is 12.8. The summed E-state index contributed by atoms with van der Waals surface area (Å²) in [6.45, 7) is -0.514. The summed E-state index contributed by atoms with van der Waals surface area (Å²) in [5.41, 5.74) is 4.21. The van der Waals surface area contributed by atoms with Gasteiger partial charge in [-0.15, -0.1) is 0 Å². The van der Waals surface area contributed by atoms with Crippen molar-refractivity contribution in [3.8, 4) is 0 Å². The van der Waals surface area contributed by atoms with Gasteiger partial charge in [-0.2, -0.15) is 0 Å². The van der Waals surface area contributed by atoms with E-state index in [1.54, 1.807) is 0 Å². The average Bonchev–Trinajstić information content (AvgIpc) is 2.10. The number of hydrogen-bond acceptors (Lipinski definition) is 1. The molecule has 1 rings (SSSR count). The molecule has 1 atom stereocenters. The Bertz CT molecular complexity index is 313. The fraction of sp³-hybridized carbons (Fsp3) is 0.250. The Morgan fingerprint density at radius 1 is 1.23 bits per heavy atom. The summed E-state index contributed by atoms with van der Waals surface area (Å²) in [5, 5.41) is 0. The van der Waals surface area contributed by atoms with Gasteiger partial charge >= 0.3 is 0 Å². The lowest BCUT2D eigenvalue weighted by Crippen LogP contribution is -2.10. The molecule has 0 heterocycles. The van der Waals surface area contributed by atoms with Gasteiger partial charge in [-0.3, -0.25) is 0 Å². The molecule has 0 saturated carbocycles. The van der Waals surface area contributed by atoms with Crippen LogP contribution in [0, 0.1) is 17.5 Å². The lowest BCUT2D eigenvalue weighted by Gasteiger charge is -2.07. The van der Waals surface area contributed by atoms with Gasteiger partial charge in [0, 0.05) is 18.2 Å². The quantitative estimate of drug-likeness (QED) is 0.564. The Kier molecular flexibility index (Phi) is 2.87. The van der Waals surface area contributed by atoms with Gasteiger partial charge in [0.05, 0.1) is 0 Å². The van der Waals surface area contributed by atoms with E-state index in [1.165, 1.54) is 0 Å². The molecule has 1 aromatic carbocycles. The van der Waals surface area contributed by atoms with E-state index in [1.807, 2.05) is 0 Å². The molecule has 72 valence electrons. The summed E-state index contributed by atoms with van der Waals surface area (Å²) in [5.74, 6) is -3.82. The standard InChI is InChI=1S/C8H7F4N/c9-4-1-5(7(11)3-13)8(12)6(10)2-4/h1-2,7H,3,13H2. The van der Waals surface area contributed by atoms with E-state index in [0.29, 0.717) is 12.1 Å². The van der Waals surface area contributed by atoms with Crippen molar-refractivity contribution >= 4 is 0 Å². The van der Waals surface area contributed by atoms with Gasteiger partial charge in [0.1, 0.15) is 12.0 Å². The molecule has 0 spiro atoms. The molecule has 0 bridgehead atoms. The first kappa shape index (κ1) is 9.98.